The second-order valence-electron chi connectivity index (χ2n) is 2.14. The Balaban J connectivity index is 3.13. The van der Waals surface area contributed by atoms with Crippen molar-refractivity contribution < 1.29 is 19.0 Å². The van der Waals surface area contributed by atoms with Gasteiger partial charge in [-0.05, 0) is 18.2 Å². The SMILES string of the molecule is COc1cc(C(=O)[O-])ccc1F. The van der Waals surface area contributed by atoms with Gasteiger partial charge in [0.2, 0.25) is 0 Å². The van der Waals surface area contributed by atoms with Gasteiger partial charge in [-0.2, -0.15) is 0 Å². The van der Waals surface area contributed by atoms with Crippen molar-refractivity contribution in [2.24, 2.45) is 0 Å². The van der Waals surface area contributed by atoms with Crippen LogP contribution in [0.25, 0.3) is 0 Å². The molecule has 0 saturated carbocycles. The number of carbonyl (C=O) groups is 1. The highest BCUT2D eigenvalue weighted by atomic mass is 19.1. The van der Waals surface area contributed by atoms with Gasteiger partial charge in [0.15, 0.2) is 11.6 Å². The van der Waals surface area contributed by atoms with Gasteiger partial charge in [0.1, 0.15) is 0 Å². The molecule has 12 heavy (non-hydrogen) atoms. The molecular formula is C8H6FO3-. The summed E-state index contributed by atoms with van der Waals surface area (Å²) < 4.78 is 17.3. The molecule has 0 aliphatic rings. The van der Waals surface area contributed by atoms with Crippen LogP contribution in [0.4, 0.5) is 4.39 Å². The van der Waals surface area contributed by atoms with Gasteiger partial charge < -0.3 is 14.6 Å². The highest BCUT2D eigenvalue weighted by molar-refractivity contribution is 5.86. The Hall–Kier alpha value is -1.58. The second-order valence-corrected chi connectivity index (χ2v) is 2.14. The fourth-order valence-corrected chi connectivity index (χ4v) is 0.787. The van der Waals surface area contributed by atoms with Gasteiger partial charge in [-0.3, -0.25) is 0 Å². The number of aromatic carboxylic acids is 1. The van der Waals surface area contributed by atoms with Crippen LogP contribution < -0.4 is 9.84 Å². The maximum atomic E-state index is 12.7. The Morgan fingerprint density at radius 2 is 2.25 bits per heavy atom. The lowest BCUT2D eigenvalue weighted by Crippen LogP contribution is -2.22. The quantitative estimate of drug-likeness (QED) is 0.635. The third kappa shape index (κ3) is 1.53. The van der Waals surface area contributed by atoms with Gasteiger partial charge in [0, 0.05) is 5.56 Å². The number of carboxylic acid groups (broad SMARTS) is 1. The van der Waals surface area contributed by atoms with Gasteiger partial charge >= 0.3 is 0 Å². The lowest BCUT2D eigenvalue weighted by Gasteiger charge is -2.05. The molecule has 3 nitrogen and oxygen atoms in total. The lowest BCUT2D eigenvalue weighted by atomic mass is 10.2. The number of carboxylic acids is 1. The molecule has 0 radical (unpaired) electrons. The molecule has 0 N–H and O–H groups in total. The van der Waals surface area contributed by atoms with Crippen LogP contribution in [0.3, 0.4) is 0 Å². The summed E-state index contributed by atoms with van der Waals surface area (Å²) in [5.41, 5.74) is -0.103. The zero-order valence-corrected chi connectivity index (χ0v) is 6.33. The summed E-state index contributed by atoms with van der Waals surface area (Å²) in [5.74, 6) is -2.05. The molecule has 0 atom stereocenters. The fourth-order valence-electron chi connectivity index (χ4n) is 0.787. The highest BCUT2D eigenvalue weighted by Crippen LogP contribution is 2.17. The van der Waals surface area contributed by atoms with Crippen molar-refractivity contribution in [3.63, 3.8) is 0 Å². The van der Waals surface area contributed by atoms with E-state index < -0.39 is 11.8 Å². The lowest BCUT2D eigenvalue weighted by molar-refractivity contribution is -0.255. The Kier molecular flexibility index (Phi) is 2.28. The third-order valence-electron chi connectivity index (χ3n) is 1.39. The molecule has 0 saturated heterocycles. The van der Waals surface area contributed by atoms with Crippen LogP contribution in [-0.4, -0.2) is 13.1 Å². The number of methoxy groups -OCH3 is 1. The highest BCUT2D eigenvalue weighted by Gasteiger charge is 2.02. The van der Waals surface area contributed by atoms with E-state index in [1.807, 2.05) is 0 Å². The van der Waals surface area contributed by atoms with Gasteiger partial charge in [-0.15, -0.1) is 0 Å². The van der Waals surface area contributed by atoms with Crippen molar-refractivity contribution in [1.82, 2.24) is 0 Å². The molecule has 0 amide bonds. The van der Waals surface area contributed by atoms with Crippen LogP contribution in [0.5, 0.6) is 5.75 Å². The molecule has 1 rings (SSSR count). The van der Waals surface area contributed by atoms with E-state index >= 15 is 0 Å². The van der Waals surface area contributed by atoms with E-state index in [4.69, 9.17) is 0 Å². The van der Waals surface area contributed by atoms with E-state index in [1.54, 1.807) is 0 Å². The van der Waals surface area contributed by atoms with Crippen LogP contribution in [-0.2, 0) is 0 Å². The van der Waals surface area contributed by atoms with E-state index in [0.29, 0.717) is 0 Å². The summed E-state index contributed by atoms with van der Waals surface area (Å²) in [6.07, 6.45) is 0. The molecule has 0 bridgehead atoms. The van der Waals surface area contributed by atoms with Gasteiger partial charge in [-0.1, -0.05) is 0 Å². The zero-order chi connectivity index (χ0) is 9.14. The van der Waals surface area contributed by atoms with E-state index in [9.17, 15) is 14.3 Å². The molecule has 1 aromatic rings. The fraction of sp³-hybridized carbons (Fsp3) is 0.125. The number of hydrogen-bond donors (Lipinski definition) is 0. The molecule has 0 aromatic heterocycles. The molecule has 0 aliphatic heterocycles. The Bertz CT molecular complexity index is 309. The summed E-state index contributed by atoms with van der Waals surface area (Å²) in [6, 6.07) is 3.21. The number of hydrogen-bond acceptors (Lipinski definition) is 3. The number of ether oxygens (including phenoxy) is 1. The van der Waals surface area contributed by atoms with Crippen LogP contribution >= 0.6 is 0 Å². The Morgan fingerprint density at radius 1 is 1.58 bits per heavy atom. The molecule has 1 aromatic carbocycles. The topological polar surface area (TPSA) is 49.4 Å². The monoisotopic (exact) mass is 169 g/mol. The average molecular weight is 169 g/mol. The molecule has 64 valence electrons. The summed E-state index contributed by atoms with van der Waals surface area (Å²) in [6.45, 7) is 0. The number of benzene rings is 1. The minimum atomic E-state index is -1.35. The van der Waals surface area contributed by atoms with E-state index in [1.165, 1.54) is 7.11 Å². The molecule has 0 spiro atoms. The van der Waals surface area contributed by atoms with Crippen LogP contribution in [0, 0.1) is 5.82 Å². The van der Waals surface area contributed by atoms with Crippen LogP contribution in [0.15, 0.2) is 18.2 Å². The second kappa shape index (κ2) is 3.21. The normalized spacial score (nSPS) is 9.50. The molecule has 0 unspecified atom stereocenters. The first-order valence-electron chi connectivity index (χ1n) is 3.20. The summed E-state index contributed by atoms with van der Waals surface area (Å²) in [4.78, 5) is 10.3. The Labute approximate surface area is 68.4 Å². The maximum Gasteiger partial charge on any atom is 0.165 e. The van der Waals surface area contributed by atoms with Gasteiger partial charge in [0.05, 0.1) is 13.1 Å². The number of carbonyl (C=O) groups excluding carboxylic acids is 1. The smallest absolute Gasteiger partial charge is 0.165 e. The van der Waals surface area contributed by atoms with Crippen molar-refractivity contribution >= 4 is 5.97 Å². The predicted molar refractivity (Wildman–Crippen MR) is 37.3 cm³/mol. The molecule has 0 fully saturated rings. The van der Waals surface area contributed by atoms with Crippen LogP contribution in [0.2, 0.25) is 0 Å². The Morgan fingerprint density at radius 3 is 2.75 bits per heavy atom. The molecule has 0 aliphatic carbocycles. The van der Waals surface area contributed by atoms with Crippen molar-refractivity contribution in [2.45, 2.75) is 0 Å². The average Bonchev–Trinajstić information content (AvgIpc) is 2.05. The minimum Gasteiger partial charge on any atom is -0.545 e. The maximum absolute atomic E-state index is 12.7. The van der Waals surface area contributed by atoms with Crippen molar-refractivity contribution in [1.29, 1.82) is 0 Å². The number of rotatable bonds is 2. The van der Waals surface area contributed by atoms with Crippen molar-refractivity contribution in [3.05, 3.63) is 29.6 Å². The van der Waals surface area contributed by atoms with Crippen LogP contribution in [0.1, 0.15) is 10.4 Å². The zero-order valence-electron chi connectivity index (χ0n) is 6.33. The third-order valence-corrected chi connectivity index (χ3v) is 1.39. The minimum absolute atomic E-state index is 0.100. The standard InChI is InChI=1S/C8H7FO3/c1-12-7-4-5(8(10)11)2-3-6(7)9/h2-4H,1H3,(H,10,11)/p-1. The first kappa shape index (κ1) is 8.52. The largest absolute Gasteiger partial charge is 0.545 e. The number of halogens is 1. The predicted octanol–water partition coefficient (Wildman–Crippen LogP) is 0.198. The van der Waals surface area contributed by atoms with E-state index in [0.717, 1.165) is 18.2 Å². The summed E-state index contributed by atoms with van der Waals surface area (Å²) in [5, 5.41) is 10.3. The summed E-state index contributed by atoms with van der Waals surface area (Å²) >= 11 is 0. The van der Waals surface area contributed by atoms with Gasteiger partial charge in [-0.25, -0.2) is 4.39 Å². The van der Waals surface area contributed by atoms with E-state index in [-0.39, 0.29) is 11.3 Å². The van der Waals surface area contributed by atoms with E-state index in [2.05, 4.69) is 4.74 Å². The van der Waals surface area contributed by atoms with Crippen molar-refractivity contribution in [2.75, 3.05) is 7.11 Å². The van der Waals surface area contributed by atoms with Gasteiger partial charge in [0.25, 0.3) is 0 Å². The first-order valence-corrected chi connectivity index (χ1v) is 3.20. The molecular weight excluding hydrogens is 163 g/mol. The summed E-state index contributed by atoms with van der Waals surface area (Å²) in [7, 11) is 1.26. The first-order chi connectivity index (χ1) is 5.65. The van der Waals surface area contributed by atoms with Crippen molar-refractivity contribution in [3.8, 4) is 5.75 Å². The molecule has 4 heteroatoms. The molecule has 0 heterocycles.